The molecule has 1 saturated heterocycles. The summed E-state index contributed by atoms with van der Waals surface area (Å²) in [7, 11) is 0. The van der Waals surface area contributed by atoms with Crippen molar-refractivity contribution in [3.05, 3.63) is 18.3 Å². The third-order valence-corrected chi connectivity index (χ3v) is 2.52. The van der Waals surface area contributed by atoms with Gasteiger partial charge < -0.3 is 10.1 Å². The van der Waals surface area contributed by atoms with Crippen LogP contribution in [-0.4, -0.2) is 29.0 Å². The van der Waals surface area contributed by atoms with Crippen LogP contribution in [0.15, 0.2) is 18.3 Å². The summed E-state index contributed by atoms with van der Waals surface area (Å²) < 4.78 is 5.65. The number of nitrogens with one attached hydrogen (secondary N) is 1. The molecule has 1 atom stereocenters. The Morgan fingerprint density at radius 2 is 2.57 bits per heavy atom. The van der Waals surface area contributed by atoms with Gasteiger partial charge in [0, 0.05) is 19.3 Å². The van der Waals surface area contributed by atoms with Gasteiger partial charge in [-0.15, -0.1) is 5.10 Å². The van der Waals surface area contributed by atoms with E-state index in [1.165, 1.54) is 0 Å². The van der Waals surface area contributed by atoms with Gasteiger partial charge in [0.25, 0.3) is 0 Å². The van der Waals surface area contributed by atoms with Crippen LogP contribution in [0.2, 0.25) is 0 Å². The molecule has 0 spiro atoms. The van der Waals surface area contributed by atoms with Gasteiger partial charge >= 0.3 is 0 Å². The number of hydrogen-bond acceptors (Lipinski definition) is 4. The van der Waals surface area contributed by atoms with Gasteiger partial charge in [0.2, 0.25) is 0 Å². The van der Waals surface area contributed by atoms with E-state index in [9.17, 15) is 0 Å². The topological polar surface area (TPSA) is 47.0 Å². The Labute approximate surface area is 83.7 Å². The summed E-state index contributed by atoms with van der Waals surface area (Å²) in [6.45, 7) is 3.80. The molecule has 0 amide bonds. The number of aromatic nitrogens is 2. The van der Waals surface area contributed by atoms with Crippen LogP contribution in [0.25, 0.3) is 0 Å². The molecule has 0 bridgehead atoms. The molecule has 1 aromatic rings. The molecule has 4 heteroatoms. The van der Waals surface area contributed by atoms with Gasteiger partial charge in [-0.3, -0.25) is 0 Å². The molecule has 1 fully saturated rings. The average Bonchev–Trinajstić information content (AvgIpc) is 2.65. The van der Waals surface area contributed by atoms with E-state index in [1.807, 2.05) is 12.1 Å². The number of nitrogens with zero attached hydrogens (tertiary/aromatic N) is 2. The van der Waals surface area contributed by atoms with E-state index in [-0.39, 0.29) is 5.60 Å². The third kappa shape index (κ3) is 2.20. The zero-order valence-corrected chi connectivity index (χ0v) is 8.36. The fourth-order valence-corrected chi connectivity index (χ4v) is 1.65. The van der Waals surface area contributed by atoms with Crippen LogP contribution in [0.3, 0.4) is 0 Å². The second kappa shape index (κ2) is 3.92. The highest BCUT2D eigenvalue weighted by Gasteiger charge is 2.29. The molecule has 14 heavy (non-hydrogen) atoms. The minimum absolute atomic E-state index is 0.0302. The fourth-order valence-electron chi connectivity index (χ4n) is 1.65. The third-order valence-electron chi connectivity index (χ3n) is 2.52. The van der Waals surface area contributed by atoms with Gasteiger partial charge in [-0.2, -0.15) is 5.10 Å². The van der Waals surface area contributed by atoms with Crippen LogP contribution in [0.5, 0.6) is 0 Å². The maximum Gasteiger partial charge on any atom is 0.148 e. The van der Waals surface area contributed by atoms with E-state index in [0.29, 0.717) is 0 Å². The SMILES string of the molecule is CC1(CNc2cccnn2)CCCO1. The van der Waals surface area contributed by atoms with E-state index < -0.39 is 0 Å². The Bertz CT molecular complexity index is 283. The molecular weight excluding hydrogens is 178 g/mol. The first-order valence-corrected chi connectivity index (χ1v) is 4.94. The molecule has 2 rings (SSSR count). The molecule has 1 aliphatic rings. The van der Waals surface area contributed by atoms with Crippen molar-refractivity contribution in [1.29, 1.82) is 0 Å². The lowest BCUT2D eigenvalue weighted by Crippen LogP contribution is -2.32. The molecule has 76 valence electrons. The van der Waals surface area contributed by atoms with Crippen molar-refractivity contribution >= 4 is 5.82 Å². The summed E-state index contributed by atoms with van der Waals surface area (Å²) in [4.78, 5) is 0. The largest absolute Gasteiger partial charge is 0.373 e. The smallest absolute Gasteiger partial charge is 0.148 e. The van der Waals surface area contributed by atoms with Crippen LogP contribution < -0.4 is 5.32 Å². The molecule has 1 aliphatic heterocycles. The molecule has 1 aromatic heterocycles. The van der Waals surface area contributed by atoms with E-state index in [1.54, 1.807) is 6.20 Å². The van der Waals surface area contributed by atoms with Crippen molar-refractivity contribution < 1.29 is 4.74 Å². The second-order valence-electron chi connectivity index (χ2n) is 3.86. The molecule has 1 unspecified atom stereocenters. The predicted octanol–water partition coefficient (Wildman–Crippen LogP) is 1.46. The minimum Gasteiger partial charge on any atom is -0.373 e. The maximum atomic E-state index is 5.65. The Morgan fingerprint density at radius 3 is 3.21 bits per heavy atom. The van der Waals surface area contributed by atoms with Gasteiger partial charge in [0.15, 0.2) is 0 Å². The monoisotopic (exact) mass is 193 g/mol. The summed E-state index contributed by atoms with van der Waals surface area (Å²) in [6.07, 6.45) is 3.93. The Balaban J connectivity index is 1.88. The molecule has 0 aromatic carbocycles. The minimum atomic E-state index is -0.0302. The summed E-state index contributed by atoms with van der Waals surface area (Å²) in [6, 6.07) is 3.78. The summed E-state index contributed by atoms with van der Waals surface area (Å²) >= 11 is 0. The lowest BCUT2D eigenvalue weighted by atomic mass is 10.0. The van der Waals surface area contributed by atoms with Crippen LogP contribution in [0.1, 0.15) is 19.8 Å². The van der Waals surface area contributed by atoms with Crippen LogP contribution in [-0.2, 0) is 4.74 Å². The molecule has 0 saturated carbocycles. The van der Waals surface area contributed by atoms with Gasteiger partial charge in [-0.25, -0.2) is 0 Å². The van der Waals surface area contributed by atoms with Crippen LogP contribution in [0, 0.1) is 0 Å². The van der Waals surface area contributed by atoms with Crippen LogP contribution in [0.4, 0.5) is 5.82 Å². The number of anilines is 1. The van der Waals surface area contributed by atoms with Crippen molar-refractivity contribution in [2.24, 2.45) is 0 Å². The molecule has 4 nitrogen and oxygen atoms in total. The van der Waals surface area contributed by atoms with Crippen molar-refractivity contribution in [2.75, 3.05) is 18.5 Å². The first-order chi connectivity index (χ1) is 6.79. The lowest BCUT2D eigenvalue weighted by Gasteiger charge is -2.23. The Kier molecular flexibility index (Phi) is 2.63. The lowest BCUT2D eigenvalue weighted by molar-refractivity contribution is 0.0314. The van der Waals surface area contributed by atoms with E-state index >= 15 is 0 Å². The average molecular weight is 193 g/mol. The quantitative estimate of drug-likeness (QED) is 0.789. The first kappa shape index (κ1) is 9.40. The Hall–Kier alpha value is -1.16. The van der Waals surface area contributed by atoms with E-state index in [2.05, 4.69) is 22.4 Å². The summed E-state index contributed by atoms with van der Waals surface area (Å²) in [5.41, 5.74) is -0.0302. The molecule has 2 heterocycles. The zero-order chi connectivity index (χ0) is 9.86. The highest BCUT2D eigenvalue weighted by molar-refractivity contribution is 5.31. The highest BCUT2D eigenvalue weighted by Crippen LogP contribution is 2.24. The molecule has 1 N–H and O–H groups in total. The number of rotatable bonds is 3. The van der Waals surface area contributed by atoms with Crippen LogP contribution >= 0.6 is 0 Å². The standard InChI is InChI=1S/C10H15N3O/c1-10(5-3-7-14-10)8-11-9-4-2-6-12-13-9/h2,4,6H,3,5,7-8H2,1H3,(H,11,13). The molecule has 0 radical (unpaired) electrons. The second-order valence-corrected chi connectivity index (χ2v) is 3.86. The van der Waals surface area contributed by atoms with Gasteiger partial charge in [0.05, 0.1) is 5.60 Å². The Morgan fingerprint density at radius 1 is 1.64 bits per heavy atom. The van der Waals surface area contributed by atoms with E-state index in [0.717, 1.165) is 31.8 Å². The van der Waals surface area contributed by atoms with Gasteiger partial charge in [0.1, 0.15) is 5.82 Å². The summed E-state index contributed by atoms with van der Waals surface area (Å²) in [5.74, 6) is 0.809. The predicted molar refractivity (Wildman–Crippen MR) is 54.1 cm³/mol. The van der Waals surface area contributed by atoms with Gasteiger partial charge in [-0.05, 0) is 31.9 Å². The number of ether oxygens (including phenoxy) is 1. The van der Waals surface area contributed by atoms with Gasteiger partial charge in [-0.1, -0.05) is 0 Å². The van der Waals surface area contributed by atoms with Crippen molar-refractivity contribution in [1.82, 2.24) is 10.2 Å². The van der Waals surface area contributed by atoms with E-state index in [4.69, 9.17) is 4.74 Å². The summed E-state index contributed by atoms with van der Waals surface area (Å²) in [5, 5.41) is 11.0. The molecule has 0 aliphatic carbocycles. The molecular formula is C10H15N3O. The number of hydrogen-bond donors (Lipinski definition) is 1. The highest BCUT2D eigenvalue weighted by atomic mass is 16.5. The zero-order valence-electron chi connectivity index (χ0n) is 8.36. The maximum absolute atomic E-state index is 5.65. The fraction of sp³-hybridized carbons (Fsp3) is 0.600. The van der Waals surface area contributed by atoms with Crippen molar-refractivity contribution in [3.8, 4) is 0 Å². The first-order valence-electron chi connectivity index (χ1n) is 4.94. The van der Waals surface area contributed by atoms with Crippen molar-refractivity contribution in [3.63, 3.8) is 0 Å². The van der Waals surface area contributed by atoms with Crippen molar-refractivity contribution in [2.45, 2.75) is 25.4 Å². The normalized spacial score (nSPS) is 26.4.